The fourth-order valence-corrected chi connectivity index (χ4v) is 1.86. The summed E-state index contributed by atoms with van der Waals surface area (Å²) < 4.78 is 0. The van der Waals surface area contributed by atoms with Gasteiger partial charge in [0.1, 0.15) is 5.82 Å². The second-order valence-electron chi connectivity index (χ2n) is 4.17. The van der Waals surface area contributed by atoms with Crippen LogP contribution < -0.4 is 5.32 Å². The maximum atomic E-state index is 5.78. The van der Waals surface area contributed by atoms with E-state index >= 15 is 0 Å². The predicted octanol–water partition coefficient (Wildman–Crippen LogP) is 3.80. The van der Waals surface area contributed by atoms with Gasteiger partial charge in [-0.05, 0) is 55.6 Å². The first-order valence-electron chi connectivity index (χ1n) is 5.39. The second kappa shape index (κ2) is 4.72. The van der Waals surface area contributed by atoms with Crippen LogP contribution in [0, 0.1) is 20.8 Å². The van der Waals surface area contributed by atoms with Gasteiger partial charge in [-0.3, -0.25) is 0 Å². The van der Waals surface area contributed by atoms with Crippen LogP contribution in [0.2, 0.25) is 5.28 Å². The zero-order chi connectivity index (χ0) is 12.4. The lowest BCUT2D eigenvalue weighted by Crippen LogP contribution is -1.98. The Morgan fingerprint density at radius 3 is 2.35 bits per heavy atom. The number of aromatic nitrogens is 2. The van der Waals surface area contributed by atoms with Crippen molar-refractivity contribution in [2.45, 2.75) is 20.8 Å². The van der Waals surface area contributed by atoms with Crippen molar-refractivity contribution >= 4 is 23.1 Å². The van der Waals surface area contributed by atoms with Crippen molar-refractivity contribution in [3.63, 3.8) is 0 Å². The summed E-state index contributed by atoms with van der Waals surface area (Å²) in [6.45, 7) is 6.08. The summed E-state index contributed by atoms with van der Waals surface area (Å²) >= 11 is 5.78. The molecule has 17 heavy (non-hydrogen) atoms. The molecule has 0 unspecified atom stereocenters. The molecule has 1 aromatic carbocycles. The van der Waals surface area contributed by atoms with E-state index in [1.54, 1.807) is 6.20 Å². The van der Waals surface area contributed by atoms with Crippen LogP contribution in [0.3, 0.4) is 0 Å². The molecule has 0 aliphatic rings. The Kier molecular flexibility index (Phi) is 3.29. The average molecular weight is 248 g/mol. The monoisotopic (exact) mass is 247 g/mol. The molecule has 2 aromatic rings. The van der Waals surface area contributed by atoms with Crippen LogP contribution >= 0.6 is 11.6 Å². The number of nitrogens with zero attached hydrogens (tertiary/aromatic N) is 2. The molecule has 0 saturated carbocycles. The number of halogens is 1. The molecule has 0 aliphatic carbocycles. The Morgan fingerprint density at radius 2 is 1.71 bits per heavy atom. The van der Waals surface area contributed by atoms with Crippen molar-refractivity contribution in [1.82, 2.24) is 9.97 Å². The molecule has 0 fully saturated rings. The molecular weight excluding hydrogens is 234 g/mol. The van der Waals surface area contributed by atoms with Gasteiger partial charge in [0, 0.05) is 17.4 Å². The molecule has 1 N–H and O–H groups in total. The fraction of sp³-hybridized carbons (Fsp3) is 0.231. The second-order valence-corrected chi connectivity index (χ2v) is 4.51. The summed E-state index contributed by atoms with van der Waals surface area (Å²) in [6.07, 6.45) is 1.71. The van der Waals surface area contributed by atoms with Gasteiger partial charge in [0.2, 0.25) is 5.28 Å². The first-order valence-corrected chi connectivity index (χ1v) is 5.77. The minimum Gasteiger partial charge on any atom is -0.340 e. The number of hydrogen-bond acceptors (Lipinski definition) is 3. The fourth-order valence-electron chi connectivity index (χ4n) is 1.73. The molecular formula is C13H14ClN3. The zero-order valence-corrected chi connectivity index (χ0v) is 10.8. The molecule has 88 valence electrons. The van der Waals surface area contributed by atoms with Crippen molar-refractivity contribution in [2.24, 2.45) is 0 Å². The highest BCUT2D eigenvalue weighted by Gasteiger charge is 2.03. The van der Waals surface area contributed by atoms with Gasteiger partial charge in [-0.15, -0.1) is 0 Å². The molecule has 0 saturated heterocycles. The van der Waals surface area contributed by atoms with Gasteiger partial charge in [-0.2, -0.15) is 0 Å². The normalized spacial score (nSPS) is 10.4. The van der Waals surface area contributed by atoms with E-state index in [9.17, 15) is 0 Å². The van der Waals surface area contributed by atoms with E-state index in [1.165, 1.54) is 11.1 Å². The lowest BCUT2D eigenvalue weighted by molar-refractivity contribution is 1.13. The number of benzene rings is 1. The first-order chi connectivity index (χ1) is 8.04. The lowest BCUT2D eigenvalue weighted by Gasteiger charge is -2.10. The SMILES string of the molecule is Cc1cc(C)cc(Nc2nc(Cl)ncc2C)c1. The Bertz CT molecular complexity index is 532. The third-order valence-corrected chi connectivity index (χ3v) is 2.61. The molecule has 0 bridgehead atoms. The molecule has 0 radical (unpaired) electrons. The predicted molar refractivity (Wildman–Crippen MR) is 71.0 cm³/mol. The lowest BCUT2D eigenvalue weighted by atomic mass is 10.1. The van der Waals surface area contributed by atoms with Crippen molar-refractivity contribution in [3.05, 3.63) is 46.4 Å². The van der Waals surface area contributed by atoms with Crippen molar-refractivity contribution in [3.8, 4) is 0 Å². The molecule has 0 atom stereocenters. The molecule has 1 aromatic heterocycles. The van der Waals surface area contributed by atoms with E-state index in [4.69, 9.17) is 11.6 Å². The van der Waals surface area contributed by atoms with Gasteiger partial charge in [0.05, 0.1) is 0 Å². The van der Waals surface area contributed by atoms with E-state index in [-0.39, 0.29) is 5.28 Å². The molecule has 1 heterocycles. The van der Waals surface area contributed by atoms with E-state index in [0.29, 0.717) is 0 Å². The van der Waals surface area contributed by atoms with Crippen molar-refractivity contribution in [2.75, 3.05) is 5.32 Å². The number of hydrogen-bond donors (Lipinski definition) is 1. The van der Waals surface area contributed by atoms with Gasteiger partial charge in [0.15, 0.2) is 0 Å². The third kappa shape index (κ3) is 2.94. The third-order valence-electron chi connectivity index (χ3n) is 2.43. The Hall–Kier alpha value is -1.61. The number of rotatable bonds is 2. The minimum atomic E-state index is 0.252. The van der Waals surface area contributed by atoms with Gasteiger partial charge >= 0.3 is 0 Å². The Balaban J connectivity index is 2.34. The van der Waals surface area contributed by atoms with E-state index in [0.717, 1.165) is 17.1 Å². The Labute approximate surface area is 106 Å². The summed E-state index contributed by atoms with van der Waals surface area (Å²) in [5.74, 6) is 0.745. The smallest absolute Gasteiger partial charge is 0.224 e. The largest absolute Gasteiger partial charge is 0.340 e. The van der Waals surface area contributed by atoms with Crippen LogP contribution in [0.5, 0.6) is 0 Å². The minimum absolute atomic E-state index is 0.252. The van der Waals surface area contributed by atoms with Gasteiger partial charge < -0.3 is 5.32 Å². The van der Waals surface area contributed by atoms with Crippen LogP contribution in [0.15, 0.2) is 24.4 Å². The molecule has 4 heteroatoms. The van der Waals surface area contributed by atoms with Crippen LogP contribution in [-0.4, -0.2) is 9.97 Å². The number of anilines is 2. The van der Waals surface area contributed by atoms with E-state index < -0.39 is 0 Å². The highest BCUT2D eigenvalue weighted by atomic mass is 35.5. The van der Waals surface area contributed by atoms with Gasteiger partial charge in [-0.1, -0.05) is 6.07 Å². The molecule has 0 spiro atoms. The maximum absolute atomic E-state index is 5.78. The highest BCUT2D eigenvalue weighted by Crippen LogP contribution is 2.21. The summed E-state index contributed by atoms with van der Waals surface area (Å²) in [6, 6.07) is 6.27. The molecule has 0 amide bonds. The van der Waals surface area contributed by atoms with Crippen molar-refractivity contribution < 1.29 is 0 Å². The van der Waals surface area contributed by atoms with Crippen LogP contribution in [0.4, 0.5) is 11.5 Å². The topological polar surface area (TPSA) is 37.8 Å². The molecule has 2 rings (SSSR count). The van der Waals surface area contributed by atoms with Crippen molar-refractivity contribution in [1.29, 1.82) is 0 Å². The summed E-state index contributed by atoms with van der Waals surface area (Å²) in [7, 11) is 0. The van der Waals surface area contributed by atoms with Crippen LogP contribution in [0.25, 0.3) is 0 Å². The van der Waals surface area contributed by atoms with Crippen LogP contribution in [-0.2, 0) is 0 Å². The summed E-state index contributed by atoms with van der Waals surface area (Å²) in [5, 5.41) is 3.51. The molecule has 3 nitrogen and oxygen atoms in total. The first kappa shape index (κ1) is 11.9. The Morgan fingerprint density at radius 1 is 1.06 bits per heavy atom. The zero-order valence-electron chi connectivity index (χ0n) is 10.1. The van der Waals surface area contributed by atoms with Gasteiger partial charge in [-0.25, -0.2) is 9.97 Å². The summed E-state index contributed by atoms with van der Waals surface area (Å²) in [5.41, 5.74) is 4.41. The van der Waals surface area contributed by atoms with Gasteiger partial charge in [0.25, 0.3) is 0 Å². The summed E-state index contributed by atoms with van der Waals surface area (Å²) in [4.78, 5) is 8.10. The standard InChI is InChI=1S/C13H14ClN3/c1-8-4-9(2)6-11(5-8)16-12-10(3)7-15-13(14)17-12/h4-7H,1-3H3,(H,15,16,17). The van der Waals surface area contributed by atoms with Crippen LogP contribution in [0.1, 0.15) is 16.7 Å². The number of nitrogens with one attached hydrogen (secondary N) is 1. The quantitative estimate of drug-likeness (QED) is 0.821. The number of aryl methyl sites for hydroxylation is 3. The average Bonchev–Trinajstić information content (AvgIpc) is 2.22. The molecule has 0 aliphatic heterocycles. The van der Waals surface area contributed by atoms with E-state index in [2.05, 4.69) is 47.3 Å². The maximum Gasteiger partial charge on any atom is 0.224 e. The van der Waals surface area contributed by atoms with E-state index in [1.807, 2.05) is 6.92 Å². The highest BCUT2D eigenvalue weighted by molar-refractivity contribution is 6.28.